The van der Waals surface area contributed by atoms with Crippen molar-refractivity contribution < 1.29 is 0 Å². The summed E-state index contributed by atoms with van der Waals surface area (Å²) in [5, 5.41) is 4.00. The summed E-state index contributed by atoms with van der Waals surface area (Å²) < 4.78 is 0. The Hall–Kier alpha value is -4.04. The van der Waals surface area contributed by atoms with E-state index in [2.05, 4.69) is 82.8 Å². The van der Waals surface area contributed by atoms with Crippen LogP contribution in [-0.4, -0.2) is 9.97 Å². The van der Waals surface area contributed by atoms with Crippen LogP contribution in [0.2, 0.25) is 0 Å². The fourth-order valence-electron chi connectivity index (χ4n) is 6.30. The molecule has 1 fully saturated rings. The first-order valence-corrected chi connectivity index (χ1v) is 14.0. The Morgan fingerprint density at radius 3 is 2.61 bits per heavy atom. The van der Waals surface area contributed by atoms with Gasteiger partial charge in [-0.05, 0) is 107 Å². The number of nitrogens with zero attached hydrogens (tertiary/aromatic N) is 2. The highest BCUT2D eigenvalue weighted by atomic mass is 14.7. The van der Waals surface area contributed by atoms with E-state index in [0.717, 1.165) is 23.2 Å². The van der Waals surface area contributed by atoms with Gasteiger partial charge < -0.3 is 0 Å². The van der Waals surface area contributed by atoms with Gasteiger partial charge in [0.1, 0.15) is 0 Å². The van der Waals surface area contributed by atoms with Gasteiger partial charge in [0, 0.05) is 24.0 Å². The van der Waals surface area contributed by atoms with E-state index >= 15 is 0 Å². The van der Waals surface area contributed by atoms with Crippen molar-refractivity contribution in [3.63, 3.8) is 0 Å². The summed E-state index contributed by atoms with van der Waals surface area (Å²) in [5.41, 5.74) is 10.3. The number of rotatable bonds is 3. The van der Waals surface area contributed by atoms with Crippen LogP contribution < -0.4 is 0 Å². The lowest BCUT2D eigenvalue weighted by Crippen LogP contribution is -2.20. The topological polar surface area (TPSA) is 25.8 Å². The van der Waals surface area contributed by atoms with E-state index in [1.807, 2.05) is 24.4 Å². The summed E-state index contributed by atoms with van der Waals surface area (Å²) in [6, 6.07) is 28.9. The minimum absolute atomic E-state index is 0.628. The molecule has 8 rings (SSSR count). The molecule has 0 bridgehead atoms. The normalized spacial score (nSPS) is 18.1. The van der Waals surface area contributed by atoms with Gasteiger partial charge >= 0.3 is 0 Å². The van der Waals surface area contributed by atoms with Crippen LogP contribution in [0.1, 0.15) is 53.9 Å². The number of aromatic nitrogens is 2. The van der Waals surface area contributed by atoms with Crippen molar-refractivity contribution in [3.05, 3.63) is 137 Å². The second-order valence-electron chi connectivity index (χ2n) is 10.9. The summed E-state index contributed by atoms with van der Waals surface area (Å²) >= 11 is 0. The number of fused-ring (bicyclic) bond motifs is 5. The van der Waals surface area contributed by atoms with Crippen LogP contribution in [0.25, 0.3) is 27.2 Å². The Bertz CT molecular complexity index is 1610. The van der Waals surface area contributed by atoms with Gasteiger partial charge in [-0.2, -0.15) is 0 Å². The Balaban J connectivity index is 0.000000203. The van der Waals surface area contributed by atoms with E-state index in [4.69, 9.17) is 0 Å². The van der Waals surface area contributed by atoms with Gasteiger partial charge in [-0.15, -0.1) is 0 Å². The van der Waals surface area contributed by atoms with Crippen molar-refractivity contribution in [3.8, 4) is 0 Å². The second kappa shape index (κ2) is 10.0. The molecule has 1 atom stereocenters. The number of benzene rings is 3. The SMILES string of the molecule is C1=CC2=C(CC1)C(Cc1ccccc1)Cc1c2ccc2cc(C3CC3)ccc12.c1cnc2ccncc2c1. The third-order valence-corrected chi connectivity index (χ3v) is 8.38. The predicted octanol–water partition coefficient (Wildman–Crippen LogP) is 8.87. The molecule has 186 valence electrons. The Morgan fingerprint density at radius 2 is 1.74 bits per heavy atom. The molecule has 3 aliphatic carbocycles. The quantitative estimate of drug-likeness (QED) is 0.251. The fourth-order valence-corrected chi connectivity index (χ4v) is 6.30. The zero-order valence-corrected chi connectivity index (χ0v) is 21.7. The summed E-state index contributed by atoms with van der Waals surface area (Å²) in [7, 11) is 0. The number of hydrogen-bond donors (Lipinski definition) is 0. The molecule has 2 heterocycles. The van der Waals surface area contributed by atoms with Crippen LogP contribution in [0, 0.1) is 5.92 Å². The zero-order chi connectivity index (χ0) is 25.3. The molecule has 1 unspecified atom stereocenters. The van der Waals surface area contributed by atoms with Gasteiger partial charge in [0.05, 0.1) is 5.52 Å². The van der Waals surface area contributed by atoms with E-state index in [9.17, 15) is 0 Å². The molecule has 1 saturated carbocycles. The first-order chi connectivity index (χ1) is 18.8. The third-order valence-electron chi connectivity index (χ3n) is 8.38. The van der Waals surface area contributed by atoms with Gasteiger partial charge in [-0.1, -0.05) is 78.4 Å². The van der Waals surface area contributed by atoms with Gasteiger partial charge in [0.2, 0.25) is 0 Å². The van der Waals surface area contributed by atoms with Gasteiger partial charge in [-0.3, -0.25) is 9.97 Å². The first kappa shape index (κ1) is 23.1. The minimum atomic E-state index is 0.628. The van der Waals surface area contributed by atoms with E-state index in [1.165, 1.54) is 59.6 Å². The first-order valence-electron chi connectivity index (χ1n) is 14.0. The predicted molar refractivity (Wildman–Crippen MR) is 158 cm³/mol. The molecule has 3 aromatic carbocycles. The Labute approximate surface area is 224 Å². The summed E-state index contributed by atoms with van der Waals surface area (Å²) in [4.78, 5) is 8.11. The third kappa shape index (κ3) is 4.56. The van der Waals surface area contributed by atoms with Crippen LogP contribution in [0.3, 0.4) is 0 Å². The summed E-state index contributed by atoms with van der Waals surface area (Å²) in [6.07, 6.45) is 17.6. The Kier molecular flexibility index (Phi) is 6.09. The highest BCUT2D eigenvalue weighted by molar-refractivity contribution is 5.94. The number of hydrogen-bond acceptors (Lipinski definition) is 2. The molecule has 3 aliphatic rings. The van der Waals surface area contributed by atoms with Crippen LogP contribution >= 0.6 is 0 Å². The minimum Gasteiger partial charge on any atom is -0.264 e. The van der Waals surface area contributed by atoms with Crippen molar-refractivity contribution >= 4 is 27.2 Å². The number of allylic oxidation sites excluding steroid dienone is 4. The van der Waals surface area contributed by atoms with Gasteiger partial charge in [-0.25, -0.2) is 0 Å². The average molecular weight is 493 g/mol. The molecule has 5 aromatic rings. The largest absolute Gasteiger partial charge is 0.264 e. The van der Waals surface area contributed by atoms with Crippen LogP contribution in [0.15, 0.2) is 115 Å². The summed E-state index contributed by atoms with van der Waals surface area (Å²) in [6.45, 7) is 0. The maximum atomic E-state index is 4.14. The van der Waals surface area contributed by atoms with E-state index < -0.39 is 0 Å². The molecule has 2 aromatic heterocycles. The maximum absolute atomic E-state index is 4.14. The molecule has 0 saturated heterocycles. The zero-order valence-electron chi connectivity index (χ0n) is 21.7. The lowest BCUT2D eigenvalue weighted by atomic mass is 9.72. The maximum Gasteiger partial charge on any atom is 0.0732 e. The van der Waals surface area contributed by atoms with Gasteiger partial charge in [0.25, 0.3) is 0 Å². The summed E-state index contributed by atoms with van der Waals surface area (Å²) in [5.74, 6) is 1.45. The van der Waals surface area contributed by atoms with E-state index in [-0.39, 0.29) is 0 Å². The van der Waals surface area contributed by atoms with Crippen molar-refractivity contribution in [1.82, 2.24) is 9.97 Å². The molecule has 2 heteroatoms. The smallest absolute Gasteiger partial charge is 0.0732 e. The van der Waals surface area contributed by atoms with Gasteiger partial charge in [0.15, 0.2) is 0 Å². The second-order valence-corrected chi connectivity index (χ2v) is 10.9. The molecule has 0 radical (unpaired) electrons. The monoisotopic (exact) mass is 492 g/mol. The Morgan fingerprint density at radius 1 is 0.816 bits per heavy atom. The van der Waals surface area contributed by atoms with E-state index in [1.54, 1.807) is 29.1 Å². The van der Waals surface area contributed by atoms with Crippen molar-refractivity contribution in [1.29, 1.82) is 0 Å². The lowest BCUT2D eigenvalue weighted by molar-refractivity contribution is 0.575. The molecule has 2 nitrogen and oxygen atoms in total. The van der Waals surface area contributed by atoms with Crippen molar-refractivity contribution in [2.75, 3.05) is 0 Å². The molecular formula is C36H32N2. The fraction of sp³-hybridized carbons (Fsp3) is 0.222. The molecule has 0 N–H and O–H groups in total. The highest BCUT2D eigenvalue weighted by Gasteiger charge is 2.29. The number of pyridine rings is 2. The standard InChI is InChI=1S/C28H26.C8H6N2/c1-2-6-19(7-3-1)16-23-18-28-25-14-12-21(20-10-11-20)17-22(25)13-15-27(28)26-9-5-4-8-24(23)26;1-2-7-6-9-5-3-8(7)10-4-1/h1-3,5-7,9,12-15,17,20,23H,4,8,10-11,16,18H2;1-6H. The van der Waals surface area contributed by atoms with Crippen LogP contribution in [0.5, 0.6) is 0 Å². The molecule has 38 heavy (non-hydrogen) atoms. The van der Waals surface area contributed by atoms with Crippen molar-refractivity contribution in [2.24, 2.45) is 5.92 Å². The molecule has 0 aliphatic heterocycles. The van der Waals surface area contributed by atoms with Crippen LogP contribution in [0.4, 0.5) is 0 Å². The molecular weight excluding hydrogens is 460 g/mol. The highest BCUT2D eigenvalue weighted by Crippen LogP contribution is 2.45. The average Bonchev–Trinajstić information content (AvgIpc) is 3.84. The van der Waals surface area contributed by atoms with Crippen molar-refractivity contribution in [2.45, 2.75) is 44.4 Å². The lowest BCUT2D eigenvalue weighted by Gasteiger charge is -2.32. The van der Waals surface area contributed by atoms with Crippen LogP contribution in [-0.2, 0) is 12.8 Å². The molecule has 0 spiro atoms. The van der Waals surface area contributed by atoms with E-state index in [0.29, 0.717) is 5.92 Å². The molecule has 0 amide bonds.